The first-order valence-corrected chi connectivity index (χ1v) is 19.1. The van der Waals surface area contributed by atoms with Crippen molar-refractivity contribution in [2.75, 3.05) is 0 Å². The third kappa shape index (κ3) is 13.6. The highest BCUT2D eigenvalue weighted by Gasteiger charge is 2.37. The molecule has 0 fully saturated rings. The topological polar surface area (TPSA) is 18.5 Å². The fourth-order valence-electron chi connectivity index (χ4n) is 4.25. The fraction of sp³-hybridized carbons (Fsp3) is 1.00. The van der Waals surface area contributed by atoms with E-state index in [2.05, 4.69) is 41.5 Å². The molecule has 0 aromatic carbocycles. The van der Waals surface area contributed by atoms with Crippen molar-refractivity contribution in [1.82, 2.24) is 0 Å². The Kier molecular flexibility index (Phi) is 19.6. The van der Waals surface area contributed by atoms with Crippen LogP contribution in [0.25, 0.3) is 0 Å². The monoisotopic (exact) mass is 458 g/mol. The third-order valence-corrected chi connectivity index (χ3v) is 18.2. The molecule has 0 unspecified atom stereocenters. The van der Waals surface area contributed by atoms with E-state index in [-0.39, 0.29) is 0 Å². The van der Waals surface area contributed by atoms with E-state index >= 15 is 0 Å². The Bertz CT molecular complexity index is 277. The van der Waals surface area contributed by atoms with Crippen molar-refractivity contribution in [2.45, 2.75) is 155 Å². The molecule has 0 aromatic rings. The number of hydrogen-bond acceptors (Lipinski definition) is 2. The first kappa shape index (κ1) is 29.6. The lowest BCUT2D eigenvalue weighted by molar-refractivity contribution is 0.421. The molecule has 0 aliphatic carbocycles. The lowest BCUT2D eigenvalue weighted by Gasteiger charge is -2.36. The van der Waals surface area contributed by atoms with Crippen molar-refractivity contribution in [2.24, 2.45) is 0 Å². The van der Waals surface area contributed by atoms with Gasteiger partial charge in [-0.2, -0.15) is 0 Å². The van der Waals surface area contributed by atoms with E-state index in [4.69, 9.17) is 8.23 Å². The molecule has 0 rings (SSSR count). The minimum atomic E-state index is -1.64. The van der Waals surface area contributed by atoms with Crippen LogP contribution in [0.3, 0.4) is 0 Å². The SMILES string of the molecule is CCCC[Si](CCCC)(CCCC)O[Si]O[Si](CCCC)(CCCC)CCCC. The van der Waals surface area contributed by atoms with Crippen molar-refractivity contribution >= 4 is 26.6 Å². The third-order valence-electron chi connectivity index (χ3n) is 6.43. The van der Waals surface area contributed by atoms with Crippen LogP contribution >= 0.6 is 0 Å². The van der Waals surface area contributed by atoms with E-state index in [9.17, 15) is 0 Å². The number of hydrogen-bond donors (Lipinski definition) is 0. The Labute approximate surface area is 189 Å². The summed E-state index contributed by atoms with van der Waals surface area (Å²) in [7, 11) is -2.96. The summed E-state index contributed by atoms with van der Waals surface area (Å²) in [6.45, 7) is 14.0. The molecule has 0 spiro atoms. The normalized spacial score (nSPS) is 12.6. The molecule has 0 bridgehead atoms. The van der Waals surface area contributed by atoms with E-state index in [0.717, 1.165) is 0 Å². The van der Waals surface area contributed by atoms with Crippen LogP contribution < -0.4 is 0 Å². The second-order valence-electron chi connectivity index (χ2n) is 9.27. The van der Waals surface area contributed by atoms with Gasteiger partial charge in [0, 0.05) is 0 Å². The summed E-state index contributed by atoms with van der Waals surface area (Å²) in [5, 5.41) is 0. The van der Waals surface area contributed by atoms with E-state index in [1.807, 2.05) is 0 Å². The smallest absolute Gasteiger partial charge is 0.410 e. The van der Waals surface area contributed by atoms with E-state index in [1.165, 1.54) is 113 Å². The van der Waals surface area contributed by atoms with Gasteiger partial charge in [0.05, 0.1) is 0 Å². The maximum Gasteiger partial charge on any atom is 0.410 e. The quantitative estimate of drug-likeness (QED) is 0.150. The summed E-state index contributed by atoms with van der Waals surface area (Å²) < 4.78 is 13.8. The van der Waals surface area contributed by atoms with Crippen molar-refractivity contribution in [3.63, 3.8) is 0 Å². The Morgan fingerprint density at radius 3 is 0.793 bits per heavy atom. The van der Waals surface area contributed by atoms with Gasteiger partial charge < -0.3 is 8.23 Å². The zero-order valence-electron chi connectivity index (χ0n) is 21.0. The van der Waals surface area contributed by atoms with Gasteiger partial charge in [-0.15, -0.1) is 0 Å². The van der Waals surface area contributed by atoms with Crippen molar-refractivity contribution in [3.05, 3.63) is 0 Å². The molecule has 5 heteroatoms. The largest absolute Gasteiger partial charge is 0.434 e. The van der Waals surface area contributed by atoms with Gasteiger partial charge in [-0.25, -0.2) is 0 Å². The standard InChI is InChI=1S/C24H54O2Si3/c1-7-13-19-28(20-14-8-2,21-15-9-3)25-27-26-29(22-16-10-4,23-17-11-5)24-18-12-6/h7-24H2,1-6H3. The average molecular weight is 459 g/mol. The Hall–Kier alpha value is 0.571. The van der Waals surface area contributed by atoms with E-state index < -0.39 is 16.6 Å². The summed E-state index contributed by atoms with van der Waals surface area (Å²) in [5.74, 6) is 0. The summed E-state index contributed by atoms with van der Waals surface area (Å²) in [6.07, 6.45) is 15.8. The zero-order chi connectivity index (χ0) is 21.8. The number of rotatable bonds is 22. The average Bonchev–Trinajstić information content (AvgIpc) is 2.75. The summed E-state index contributed by atoms with van der Waals surface area (Å²) in [6, 6.07) is 8.13. The molecule has 0 saturated heterocycles. The second-order valence-corrected chi connectivity index (χ2v) is 18.8. The Morgan fingerprint density at radius 2 is 0.621 bits per heavy atom. The van der Waals surface area contributed by atoms with Gasteiger partial charge in [0.1, 0.15) is 0 Å². The molecule has 174 valence electrons. The van der Waals surface area contributed by atoms with Gasteiger partial charge in [-0.3, -0.25) is 0 Å². The first-order chi connectivity index (χ1) is 14.1. The van der Waals surface area contributed by atoms with Crippen molar-refractivity contribution in [3.8, 4) is 0 Å². The molecule has 0 aliphatic heterocycles. The molecule has 2 radical (unpaired) electrons. The maximum atomic E-state index is 6.91. The molecular formula is C24H54O2Si3. The van der Waals surface area contributed by atoms with Crippen LogP contribution in [0, 0.1) is 0 Å². The minimum Gasteiger partial charge on any atom is -0.434 e. The van der Waals surface area contributed by atoms with Gasteiger partial charge in [0.25, 0.3) is 0 Å². The van der Waals surface area contributed by atoms with Gasteiger partial charge >= 0.3 is 10.0 Å². The molecule has 0 heterocycles. The second kappa shape index (κ2) is 19.3. The minimum absolute atomic E-state index is 0.326. The van der Waals surface area contributed by atoms with Crippen molar-refractivity contribution in [1.29, 1.82) is 0 Å². The molecule has 0 saturated carbocycles. The van der Waals surface area contributed by atoms with Crippen LogP contribution in [0.5, 0.6) is 0 Å². The lowest BCUT2D eigenvalue weighted by atomic mass is 10.4. The molecule has 0 atom stereocenters. The molecule has 2 nitrogen and oxygen atoms in total. The van der Waals surface area contributed by atoms with E-state index in [0.29, 0.717) is 10.0 Å². The molecule has 0 N–H and O–H groups in total. The molecule has 29 heavy (non-hydrogen) atoms. The van der Waals surface area contributed by atoms with Crippen LogP contribution in [0.2, 0.25) is 36.3 Å². The van der Waals surface area contributed by atoms with Crippen LogP contribution in [0.15, 0.2) is 0 Å². The summed E-state index contributed by atoms with van der Waals surface area (Å²) >= 11 is 0. The van der Waals surface area contributed by atoms with Gasteiger partial charge in [0.2, 0.25) is 0 Å². The fourth-order valence-corrected chi connectivity index (χ4v) is 16.1. The predicted molar refractivity (Wildman–Crippen MR) is 138 cm³/mol. The lowest BCUT2D eigenvalue weighted by Crippen LogP contribution is -2.45. The maximum absolute atomic E-state index is 6.91. The molecule has 0 amide bonds. The van der Waals surface area contributed by atoms with Crippen LogP contribution in [0.4, 0.5) is 0 Å². The highest BCUT2D eigenvalue weighted by molar-refractivity contribution is 6.80. The van der Waals surface area contributed by atoms with Crippen LogP contribution in [-0.2, 0) is 8.23 Å². The molecule has 0 aromatic heterocycles. The van der Waals surface area contributed by atoms with Gasteiger partial charge in [0.15, 0.2) is 16.6 Å². The predicted octanol–water partition coefficient (Wildman–Crippen LogP) is 9.25. The molecular weight excluding hydrogens is 405 g/mol. The van der Waals surface area contributed by atoms with Crippen LogP contribution in [0.1, 0.15) is 119 Å². The summed E-state index contributed by atoms with van der Waals surface area (Å²) in [4.78, 5) is 0. The summed E-state index contributed by atoms with van der Waals surface area (Å²) in [5.41, 5.74) is 0. The first-order valence-electron chi connectivity index (χ1n) is 13.2. The van der Waals surface area contributed by atoms with Crippen LogP contribution in [-0.4, -0.2) is 26.6 Å². The van der Waals surface area contributed by atoms with Gasteiger partial charge in [-0.05, 0) is 36.3 Å². The van der Waals surface area contributed by atoms with E-state index in [1.54, 1.807) is 0 Å². The Morgan fingerprint density at radius 1 is 0.414 bits per heavy atom. The highest BCUT2D eigenvalue weighted by atomic mass is 28.4. The van der Waals surface area contributed by atoms with Gasteiger partial charge in [-0.1, -0.05) is 119 Å². The Balaban J connectivity index is 5.21. The molecule has 0 aliphatic rings. The van der Waals surface area contributed by atoms with Crippen molar-refractivity contribution < 1.29 is 8.23 Å². The highest BCUT2D eigenvalue weighted by Crippen LogP contribution is 2.32. The zero-order valence-corrected chi connectivity index (χ0v) is 24.0. The number of unbranched alkanes of at least 4 members (excludes halogenated alkanes) is 6.